The third kappa shape index (κ3) is 3.10. The summed E-state index contributed by atoms with van der Waals surface area (Å²) in [5, 5.41) is 3.64. The van der Waals surface area contributed by atoms with Gasteiger partial charge in [0, 0.05) is 27.9 Å². The molecule has 16 heavy (non-hydrogen) atoms. The number of hydrogen-bond donors (Lipinski definition) is 1. The smallest absolute Gasteiger partial charge is 0.0352 e. The van der Waals surface area contributed by atoms with Crippen LogP contribution in [-0.4, -0.2) is 30.6 Å². The summed E-state index contributed by atoms with van der Waals surface area (Å²) in [7, 11) is 2.21. The van der Waals surface area contributed by atoms with E-state index in [1.807, 2.05) is 0 Å². The second-order valence-electron chi connectivity index (χ2n) is 4.71. The van der Waals surface area contributed by atoms with Gasteiger partial charge in [-0.3, -0.25) is 0 Å². The third-order valence-corrected chi connectivity index (χ3v) is 4.07. The first-order chi connectivity index (χ1) is 7.65. The van der Waals surface area contributed by atoms with Crippen molar-refractivity contribution in [2.45, 2.75) is 31.8 Å². The van der Waals surface area contributed by atoms with Crippen LogP contribution in [0, 0.1) is 3.57 Å². The Morgan fingerprint density at radius 3 is 2.94 bits per heavy atom. The highest BCUT2D eigenvalue weighted by Gasteiger charge is 2.22. The van der Waals surface area contributed by atoms with Crippen molar-refractivity contribution in [1.29, 1.82) is 0 Å². The molecule has 1 fully saturated rings. The van der Waals surface area contributed by atoms with Gasteiger partial charge in [-0.05, 0) is 67.6 Å². The second-order valence-corrected chi connectivity index (χ2v) is 5.95. The fourth-order valence-electron chi connectivity index (χ4n) is 2.23. The van der Waals surface area contributed by atoms with Crippen LogP contribution >= 0.6 is 22.6 Å². The van der Waals surface area contributed by atoms with E-state index < -0.39 is 0 Å². The fraction of sp³-hybridized carbons (Fsp3) is 0.538. The molecule has 0 saturated carbocycles. The predicted octanol–water partition coefficient (Wildman–Crippen LogP) is 3.19. The number of halogens is 1. The number of anilines is 1. The van der Waals surface area contributed by atoms with Crippen LogP contribution in [0.3, 0.4) is 0 Å². The molecular formula is C13H19IN2. The molecule has 2 rings (SSSR count). The molecule has 0 spiro atoms. The van der Waals surface area contributed by atoms with Gasteiger partial charge in [-0.2, -0.15) is 0 Å². The molecule has 1 saturated heterocycles. The molecule has 0 aliphatic carbocycles. The van der Waals surface area contributed by atoms with Gasteiger partial charge in [0.1, 0.15) is 0 Å². The average molecular weight is 330 g/mol. The molecule has 1 aromatic carbocycles. The van der Waals surface area contributed by atoms with Crippen LogP contribution in [0.25, 0.3) is 0 Å². The summed E-state index contributed by atoms with van der Waals surface area (Å²) >= 11 is 2.36. The molecule has 0 aromatic heterocycles. The Labute approximate surface area is 112 Å². The van der Waals surface area contributed by atoms with Gasteiger partial charge in [-0.1, -0.05) is 6.07 Å². The number of hydrogen-bond acceptors (Lipinski definition) is 2. The molecule has 0 amide bonds. The minimum Gasteiger partial charge on any atom is -0.382 e. The van der Waals surface area contributed by atoms with E-state index in [-0.39, 0.29) is 0 Å². The third-order valence-electron chi connectivity index (χ3n) is 3.40. The summed E-state index contributed by atoms with van der Waals surface area (Å²) in [5.74, 6) is 0. The zero-order valence-corrected chi connectivity index (χ0v) is 12.1. The SMILES string of the molecule is CC1CC(Nc2cccc(I)c2)CCN1C. The monoisotopic (exact) mass is 330 g/mol. The van der Waals surface area contributed by atoms with Crippen LogP contribution < -0.4 is 5.32 Å². The maximum atomic E-state index is 3.64. The highest BCUT2D eigenvalue weighted by molar-refractivity contribution is 14.1. The van der Waals surface area contributed by atoms with Crippen LogP contribution in [0.15, 0.2) is 24.3 Å². The van der Waals surface area contributed by atoms with Crippen molar-refractivity contribution >= 4 is 28.3 Å². The van der Waals surface area contributed by atoms with Crippen molar-refractivity contribution in [3.05, 3.63) is 27.8 Å². The molecule has 0 radical (unpaired) electrons. The molecule has 2 nitrogen and oxygen atoms in total. The van der Waals surface area contributed by atoms with Crippen molar-refractivity contribution in [2.24, 2.45) is 0 Å². The van der Waals surface area contributed by atoms with Gasteiger partial charge >= 0.3 is 0 Å². The van der Waals surface area contributed by atoms with Crippen LogP contribution in [0.4, 0.5) is 5.69 Å². The highest BCUT2D eigenvalue weighted by Crippen LogP contribution is 2.20. The normalized spacial score (nSPS) is 26.7. The molecule has 2 atom stereocenters. The lowest BCUT2D eigenvalue weighted by Crippen LogP contribution is -2.42. The van der Waals surface area contributed by atoms with Gasteiger partial charge in [0.2, 0.25) is 0 Å². The molecule has 1 aliphatic heterocycles. The van der Waals surface area contributed by atoms with Crippen molar-refractivity contribution in [3.63, 3.8) is 0 Å². The summed E-state index contributed by atoms with van der Waals surface area (Å²) in [4.78, 5) is 2.44. The van der Waals surface area contributed by atoms with Crippen LogP contribution in [0.1, 0.15) is 19.8 Å². The molecular weight excluding hydrogens is 311 g/mol. The Morgan fingerprint density at radius 1 is 1.44 bits per heavy atom. The Bertz CT molecular complexity index is 354. The van der Waals surface area contributed by atoms with Crippen molar-refractivity contribution < 1.29 is 0 Å². The van der Waals surface area contributed by atoms with E-state index in [9.17, 15) is 0 Å². The van der Waals surface area contributed by atoms with E-state index in [0.717, 1.165) is 0 Å². The van der Waals surface area contributed by atoms with Gasteiger partial charge in [0.25, 0.3) is 0 Å². The van der Waals surface area contributed by atoms with Gasteiger partial charge in [-0.15, -0.1) is 0 Å². The predicted molar refractivity (Wildman–Crippen MR) is 77.9 cm³/mol. The summed E-state index contributed by atoms with van der Waals surface area (Å²) < 4.78 is 1.29. The van der Waals surface area contributed by atoms with E-state index in [1.54, 1.807) is 0 Å². The van der Waals surface area contributed by atoms with Gasteiger partial charge in [0.05, 0.1) is 0 Å². The Hall–Kier alpha value is -0.290. The summed E-state index contributed by atoms with van der Waals surface area (Å²) in [5.41, 5.74) is 1.26. The summed E-state index contributed by atoms with van der Waals surface area (Å²) in [6.07, 6.45) is 2.48. The van der Waals surface area contributed by atoms with Gasteiger partial charge in [-0.25, -0.2) is 0 Å². The molecule has 0 bridgehead atoms. The van der Waals surface area contributed by atoms with E-state index in [4.69, 9.17) is 0 Å². The minimum absolute atomic E-state index is 0.629. The number of nitrogens with one attached hydrogen (secondary N) is 1. The summed E-state index contributed by atoms with van der Waals surface area (Å²) in [6.45, 7) is 3.51. The van der Waals surface area contributed by atoms with Crippen molar-refractivity contribution in [2.75, 3.05) is 18.9 Å². The Morgan fingerprint density at radius 2 is 2.25 bits per heavy atom. The van der Waals surface area contributed by atoms with Gasteiger partial charge in [0.15, 0.2) is 0 Å². The zero-order chi connectivity index (χ0) is 11.5. The molecule has 1 heterocycles. The van der Waals surface area contributed by atoms with Crippen LogP contribution in [0.5, 0.6) is 0 Å². The first-order valence-electron chi connectivity index (χ1n) is 5.87. The summed E-state index contributed by atoms with van der Waals surface area (Å²) in [6, 6.07) is 9.93. The van der Waals surface area contributed by atoms with Crippen molar-refractivity contribution in [1.82, 2.24) is 4.90 Å². The second kappa shape index (κ2) is 5.36. The molecule has 1 N–H and O–H groups in total. The quantitative estimate of drug-likeness (QED) is 0.838. The van der Waals surface area contributed by atoms with Crippen molar-refractivity contribution in [3.8, 4) is 0 Å². The largest absolute Gasteiger partial charge is 0.382 e. The number of rotatable bonds is 2. The van der Waals surface area contributed by atoms with E-state index >= 15 is 0 Å². The van der Waals surface area contributed by atoms with Gasteiger partial charge < -0.3 is 10.2 Å². The maximum Gasteiger partial charge on any atom is 0.0352 e. The number of benzene rings is 1. The lowest BCUT2D eigenvalue weighted by atomic mass is 9.99. The van der Waals surface area contributed by atoms with E-state index in [0.29, 0.717) is 12.1 Å². The molecule has 1 aliphatic rings. The van der Waals surface area contributed by atoms with E-state index in [2.05, 4.69) is 71.0 Å². The first-order valence-corrected chi connectivity index (χ1v) is 6.95. The molecule has 3 heteroatoms. The zero-order valence-electron chi connectivity index (χ0n) is 9.91. The standard InChI is InChI=1S/C13H19IN2/c1-10-8-13(6-7-16(10)2)15-12-5-3-4-11(14)9-12/h3-5,9-10,13,15H,6-8H2,1-2H3. The lowest BCUT2D eigenvalue weighted by molar-refractivity contribution is 0.190. The topological polar surface area (TPSA) is 15.3 Å². The minimum atomic E-state index is 0.629. The fourth-order valence-corrected chi connectivity index (χ4v) is 2.78. The first kappa shape index (κ1) is 12.2. The van der Waals surface area contributed by atoms with Crippen LogP contribution in [0.2, 0.25) is 0 Å². The Balaban J connectivity index is 1.95. The number of nitrogens with zero attached hydrogens (tertiary/aromatic N) is 1. The maximum absolute atomic E-state index is 3.64. The molecule has 88 valence electrons. The Kier molecular flexibility index (Phi) is 4.08. The van der Waals surface area contributed by atoms with E-state index in [1.165, 1.54) is 28.6 Å². The molecule has 1 aromatic rings. The highest BCUT2D eigenvalue weighted by atomic mass is 127. The lowest BCUT2D eigenvalue weighted by Gasteiger charge is -2.35. The average Bonchev–Trinajstić information content (AvgIpc) is 2.24. The number of piperidine rings is 1. The number of likely N-dealkylation sites (tertiary alicyclic amines) is 1. The molecule has 2 unspecified atom stereocenters. The van der Waals surface area contributed by atoms with Crippen LogP contribution in [-0.2, 0) is 0 Å².